The van der Waals surface area contributed by atoms with Crippen LogP contribution < -0.4 is 14.8 Å². The average molecular weight is 424 g/mol. The Labute approximate surface area is 182 Å². The highest BCUT2D eigenvalue weighted by Crippen LogP contribution is 2.32. The molecular formula is C24H29N3O4. The predicted molar refractivity (Wildman–Crippen MR) is 117 cm³/mol. The van der Waals surface area contributed by atoms with Crippen LogP contribution in [0.3, 0.4) is 0 Å². The number of carbonyl (C=O) groups is 2. The number of aryl methyl sites for hydroxylation is 1. The summed E-state index contributed by atoms with van der Waals surface area (Å²) >= 11 is 0. The zero-order valence-corrected chi connectivity index (χ0v) is 18.1. The number of rotatable bonds is 6. The summed E-state index contributed by atoms with van der Waals surface area (Å²) in [4.78, 5) is 28.9. The van der Waals surface area contributed by atoms with Gasteiger partial charge in [0.2, 0.25) is 18.6 Å². The van der Waals surface area contributed by atoms with E-state index in [9.17, 15) is 9.59 Å². The summed E-state index contributed by atoms with van der Waals surface area (Å²) in [6, 6.07) is 13.7. The van der Waals surface area contributed by atoms with Gasteiger partial charge in [-0.25, -0.2) is 0 Å². The van der Waals surface area contributed by atoms with Crippen molar-refractivity contribution in [2.24, 2.45) is 0 Å². The number of piperazine rings is 1. The molecule has 4 rings (SSSR count). The molecule has 2 heterocycles. The van der Waals surface area contributed by atoms with Gasteiger partial charge >= 0.3 is 0 Å². The van der Waals surface area contributed by atoms with Gasteiger partial charge in [0.1, 0.15) is 0 Å². The van der Waals surface area contributed by atoms with Gasteiger partial charge in [-0.2, -0.15) is 0 Å². The average Bonchev–Trinajstić information content (AvgIpc) is 3.22. The highest BCUT2D eigenvalue weighted by atomic mass is 16.7. The first-order valence-electron chi connectivity index (χ1n) is 10.7. The molecule has 1 atom stereocenters. The maximum Gasteiger partial charge on any atom is 0.231 e. The molecule has 0 unspecified atom stereocenters. The Balaban J connectivity index is 1.31. The number of nitrogens with zero attached hydrogens (tertiary/aromatic N) is 2. The van der Waals surface area contributed by atoms with E-state index in [0.717, 1.165) is 42.3 Å². The first kappa shape index (κ1) is 21.2. The van der Waals surface area contributed by atoms with Gasteiger partial charge in [-0.1, -0.05) is 35.9 Å². The molecule has 1 N–H and O–H groups in total. The van der Waals surface area contributed by atoms with Gasteiger partial charge in [0.05, 0.1) is 12.5 Å². The third kappa shape index (κ3) is 5.35. The van der Waals surface area contributed by atoms with Crippen LogP contribution >= 0.6 is 0 Å². The van der Waals surface area contributed by atoms with E-state index >= 15 is 0 Å². The maximum absolute atomic E-state index is 12.9. The number of fused-ring (bicyclic) bond motifs is 1. The van der Waals surface area contributed by atoms with Gasteiger partial charge in [0.15, 0.2) is 11.5 Å². The second-order valence-electron chi connectivity index (χ2n) is 8.21. The Hall–Kier alpha value is -3.06. The van der Waals surface area contributed by atoms with Gasteiger partial charge in [-0.15, -0.1) is 0 Å². The summed E-state index contributed by atoms with van der Waals surface area (Å²) in [5, 5.41) is 2.93. The number of amides is 2. The molecule has 0 radical (unpaired) electrons. The van der Waals surface area contributed by atoms with Crippen molar-refractivity contribution in [3.63, 3.8) is 0 Å². The number of ether oxygens (including phenoxy) is 2. The van der Waals surface area contributed by atoms with Crippen molar-refractivity contribution >= 4 is 11.8 Å². The Morgan fingerprint density at radius 2 is 1.71 bits per heavy atom. The summed E-state index contributed by atoms with van der Waals surface area (Å²) in [7, 11) is 0. The van der Waals surface area contributed by atoms with Crippen LogP contribution in [-0.2, 0) is 16.1 Å². The van der Waals surface area contributed by atoms with Crippen LogP contribution in [-0.4, -0.2) is 54.6 Å². The van der Waals surface area contributed by atoms with Crippen LogP contribution in [0, 0.1) is 6.92 Å². The molecule has 1 saturated heterocycles. The van der Waals surface area contributed by atoms with E-state index in [1.165, 1.54) is 12.5 Å². The molecule has 0 aliphatic carbocycles. The van der Waals surface area contributed by atoms with Crippen molar-refractivity contribution in [2.45, 2.75) is 32.9 Å². The molecule has 7 heteroatoms. The lowest BCUT2D eigenvalue weighted by molar-refractivity contribution is -0.133. The number of hydrogen-bond acceptors (Lipinski definition) is 5. The lowest BCUT2D eigenvalue weighted by atomic mass is 10.0. The zero-order valence-electron chi connectivity index (χ0n) is 18.1. The molecule has 2 amide bonds. The van der Waals surface area contributed by atoms with Gasteiger partial charge in [-0.3, -0.25) is 14.5 Å². The standard InChI is InChI=1S/C24H29N3O4/c1-17-3-6-20(7-4-17)21(25-18(2)28)14-24(29)27-11-9-26(10-12-27)15-19-5-8-22-23(13-19)31-16-30-22/h3-8,13,21H,9-12,14-16H2,1-2H3,(H,25,28)/t21-/m0/s1. The molecule has 0 bridgehead atoms. The van der Waals surface area contributed by atoms with E-state index in [0.29, 0.717) is 13.1 Å². The smallest absolute Gasteiger partial charge is 0.231 e. The minimum atomic E-state index is -0.308. The van der Waals surface area contributed by atoms with E-state index in [4.69, 9.17) is 9.47 Å². The molecule has 7 nitrogen and oxygen atoms in total. The van der Waals surface area contributed by atoms with Crippen molar-refractivity contribution < 1.29 is 19.1 Å². The molecule has 2 aromatic rings. The van der Waals surface area contributed by atoms with E-state index < -0.39 is 0 Å². The molecule has 31 heavy (non-hydrogen) atoms. The predicted octanol–water partition coefficient (Wildman–Crippen LogP) is 2.64. The molecule has 1 fully saturated rings. The zero-order chi connectivity index (χ0) is 21.8. The normalized spacial score (nSPS) is 16.8. The molecule has 2 aliphatic heterocycles. The van der Waals surface area contributed by atoms with Gasteiger partial charge in [0.25, 0.3) is 0 Å². The Morgan fingerprint density at radius 1 is 1.00 bits per heavy atom. The van der Waals surface area contributed by atoms with Gasteiger partial charge in [-0.05, 0) is 30.2 Å². The van der Waals surface area contributed by atoms with Crippen LogP contribution in [0.2, 0.25) is 0 Å². The number of hydrogen-bond donors (Lipinski definition) is 1. The summed E-state index contributed by atoms with van der Waals surface area (Å²) in [6.07, 6.45) is 0.269. The molecular weight excluding hydrogens is 394 g/mol. The van der Waals surface area contributed by atoms with Crippen molar-refractivity contribution in [3.8, 4) is 11.5 Å². The largest absolute Gasteiger partial charge is 0.454 e. The third-order valence-corrected chi connectivity index (χ3v) is 5.80. The Morgan fingerprint density at radius 3 is 2.42 bits per heavy atom. The van der Waals surface area contributed by atoms with Crippen molar-refractivity contribution in [2.75, 3.05) is 33.0 Å². The number of benzene rings is 2. The summed E-state index contributed by atoms with van der Waals surface area (Å²) < 4.78 is 10.8. The second kappa shape index (κ2) is 9.39. The SMILES string of the molecule is CC(=O)N[C@@H](CC(=O)N1CCN(Cc2ccc3c(c2)OCO3)CC1)c1ccc(C)cc1. The van der Waals surface area contributed by atoms with Crippen LogP contribution in [0.25, 0.3) is 0 Å². The van der Waals surface area contributed by atoms with Crippen molar-refractivity contribution in [1.82, 2.24) is 15.1 Å². The first-order chi connectivity index (χ1) is 15.0. The summed E-state index contributed by atoms with van der Waals surface area (Å²) in [6.45, 7) is 7.60. The third-order valence-electron chi connectivity index (χ3n) is 5.80. The minimum Gasteiger partial charge on any atom is -0.454 e. The topological polar surface area (TPSA) is 71.1 Å². The van der Waals surface area contributed by atoms with Crippen molar-refractivity contribution in [1.29, 1.82) is 0 Å². The quantitative estimate of drug-likeness (QED) is 0.774. The lowest BCUT2D eigenvalue weighted by Crippen LogP contribution is -2.49. The highest BCUT2D eigenvalue weighted by molar-refractivity contribution is 5.79. The summed E-state index contributed by atoms with van der Waals surface area (Å²) in [5.74, 6) is 1.53. The fourth-order valence-electron chi connectivity index (χ4n) is 4.05. The van der Waals surface area contributed by atoms with Crippen LogP contribution in [0.15, 0.2) is 42.5 Å². The Kier molecular flexibility index (Phi) is 6.42. The first-order valence-corrected chi connectivity index (χ1v) is 10.7. The van der Waals surface area contributed by atoms with Crippen molar-refractivity contribution in [3.05, 3.63) is 59.2 Å². The van der Waals surface area contributed by atoms with E-state index in [1.807, 2.05) is 48.2 Å². The lowest BCUT2D eigenvalue weighted by Gasteiger charge is -2.35. The second-order valence-corrected chi connectivity index (χ2v) is 8.21. The Bertz CT molecular complexity index is 936. The molecule has 0 spiro atoms. The number of nitrogens with one attached hydrogen (secondary N) is 1. The minimum absolute atomic E-state index is 0.0713. The fourth-order valence-corrected chi connectivity index (χ4v) is 4.05. The number of carbonyl (C=O) groups excluding carboxylic acids is 2. The fraction of sp³-hybridized carbons (Fsp3) is 0.417. The molecule has 2 aromatic carbocycles. The molecule has 0 aromatic heterocycles. The maximum atomic E-state index is 12.9. The molecule has 2 aliphatic rings. The molecule has 164 valence electrons. The van der Waals surface area contributed by atoms with Crippen LogP contribution in [0.1, 0.15) is 36.1 Å². The van der Waals surface area contributed by atoms with E-state index in [2.05, 4.69) is 16.3 Å². The van der Waals surface area contributed by atoms with E-state index in [1.54, 1.807) is 0 Å². The van der Waals surface area contributed by atoms with Gasteiger partial charge in [0, 0.05) is 39.6 Å². The molecule has 0 saturated carbocycles. The van der Waals surface area contributed by atoms with Crippen LogP contribution in [0.4, 0.5) is 0 Å². The van der Waals surface area contributed by atoms with Gasteiger partial charge < -0.3 is 19.7 Å². The summed E-state index contributed by atoms with van der Waals surface area (Å²) in [5.41, 5.74) is 3.28. The monoisotopic (exact) mass is 423 g/mol. The highest BCUT2D eigenvalue weighted by Gasteiger charge is 2.25. The van der Waals surface area contributed by atoms with Crippen LogP contribution in [0.5, 0.6) is 11.5 Å². The van der Waals surface area contributed by atoms with E-state index in [-0.39, 0.29) is 31.1 Å².